The summed E-state index contributed by atoms with van der Waals surface area (Å²) in [6.07, 6.45) is 1.72. The van der Waals surface area contributed by atoms with E-state index in [0.29, 0.717) is 17.9 Å². The second-order valence-corrected chi connectivity index (χ2v) is 4.17. The van der Waals surface area contributed by atoms with Crippen LogP contribution in [0.4, 0.5) is 8.78 Å². The maximum atomic E-state index is 13.7. The zero-order chi connectivity index (χ0) is 11.0. The first-order valence-corrected chi connectivity index (χ1v) is 5.23. The van der Waals surface area contributed by atoms with Crippen molar-refractivity contribution < 1.29 is 8.78 Å². The molecule has 80 valence electrons. The quantitative estimate of drug-likeness (QED) is 0.771. The molecule has 3 N–H and O–H groups in total. The van der Waals surface area contributed by atoms with Crippen molar-refractivity contribution >= 4 is 15.9 Å². The van der Waals surface area contributed by atoms with Crippen LogP contribution in [0.1, 0.15) is 11.5 Å². The third-order valence-electron chi connectivity index (χ3n) is 2.37. The van der Waals surface area contributed by atoms with E-state index in [-0.39, 0.29) is 10.4 Å². The molecule has 1 aliphatic heterocycles. The molecule has 0 fully saturated rings. The molecule has 0 aromatic heterocycles. The van der Waals surface area contributed by atoms with Crippen molar-refractivity contribution in [2.75, 3.05) is 6.54 Å². The van der Waals surface area contributed by atoms with E-state index in [1.165, 1.54) is 12.1 Å². The molecule has 15 heavy (non-hydrogen) atoms. The van der Waals surface area contributed by atoms with Crippen molar-refractivity contribution in [1.82, 2.24) is 5.32 Å². The smallest absolute Gasteiger partial charge is 0.144 e. The van der Waals surface area contributed by atoms with Crippen molar-refractivity contribution in [3.63, 3.8) is 0 Å². The molecule has 0 unspecified atom stereocenters. The fourth-order valence-electron chi connectivity index (χ4n) is 1.59. The molecule has 0 saturated heterocycles. The van der Waals surface area contributed by atoms with Crippen molar-refractivity contribution in [2.24, 2.45) is 5.73 Å². The Hall–Kier alpha value is -1.10. The van der Waals surface area contributed by atoms with E-state index in [4.69, 9.17) is 5.73 Å². The fraction of sp³-hybridized carbons (Fsp3) is 0.200. The predicted octanol–water partition coefficient (Wildman–Crippen LogP) is 2.21. The van der Waals surface area contributed by atoms with Gasteiger partial charge < -0.3 is 11.1 Å². The fourth-order valence-corrected chi connectivity index (χ4v) is 1.95. The minimum atomic E-state index is -0.598. The van der Waals surface area contributed by atoms with Gasteiger partial charge in [0.15, 0.2) is 0 Å². The Labute approximate surface area is 94.3 Å². The van der Waals surface area contributed by atoms with Gasteiger partial charge in [-0.1, -0.05) is 6.07 Å². The molecule has 2 rings (SSSR count). The van der Waals surface area contributed by atoms with Crippen LogP contribution in [0.15, 0.2) is 28.5 Å². The van der Waals surface area contributed by atoms with Gasteiger partial charge in [-0.3, -0.25) is 0 Å². The molecular weight excluding hydrogens is 266 g/mol. The van der Waals surface area contributed by atoms with Gasteiger partial charge in [0.2, 0.25) is 0 Å². The van der Waals surface area contributed by atoms with E-state index < -0.39 is 11.6 Å². The van der Waals surface area contributed by atoms with Crippen LogP contribution in [0.2, 0.25) is 0 Å². The molecule has 1 heterocycles. The summed E-state index contributed by atoms with van der Waals surface area (Å²) in [4.78, 5) is 0. The standard InChI is InChI=1S/C10H9BrF2N2/c11-9-7(12)2-1-6(10(9)13)5-3-8(14)15-4-5/h1-3,5,15H,4,14H2/t5-/m1/s1. The van der Waals surface area contributed by atoms with E-state index >= 15 is 0 Å². The lowest BCUT2D eigenvalue weighted by atomic mass is 10.00. The van der Waals surface area contributed by atoms with Crippen LogP contribution in [0.5, 0.6) is 0 Å². The number of benzene rings is 1. The second-order valence-electron chi connectivity index (χ2n) is 3.37. The Balaban J connectivity index is 2.42. The molecule has 2 nitrogen and oxygen atoms in total. The van der Waals surface area contributed by atoms with Crippen molar-refractivity contribution in [1.29, 1.82) is 0 Å². The largest absolute Gasteiger partial charge is 0.386 e. The Morgan fingerprint density at radius 3 is 2.73 bits per heavy atom. The highest BCUT2D eigenvalue weighted by Gasteiger charge is 2.21. The number of hydrogen-bond acceptors (Lipinski definition) is 2. The van der Waals surface area contributed by atoms with Gasteiger partial charge in [0.25, 0.3) is 0 Å². The molecule has 1 aromatic carbocycles. The van der Waals surface area contributed by atoms with Crippen molar-refractivity contribution in [2.45, 2.75) is 5.92 Å². The van der Waals surface area contributed by atoms with Crippen LogP contribution >= 0.6 is 15.9 Å². The summed E-state index contributed by atoms with van der Waals surface area (Å²) in [5.74, 6) is -0.770. The average molecular weight is 275 g/mol. The van der Waals surface area contributed by atoms with Gasteiger partial charge in [-0.2, -0.15) is 0 Å². The third-order valence-corrected chi connectivity index (χ3v) is 3.10. The maximum Gasteiger partial charge on any atom is 0.144 e. The molecule has 5 heteroatoms. The van der Waals surface area contributed by atoms with E-state index in [1.807, 2.05) is 0 Å². The predicted molar refractivity (Wildman–Crippen MR) is 57.1 cm³/mol. The van der Waals surface area contributed by atoms with Gasteiger partial charge in [-0.15, -0.1) is 0 Å². The number of hydrogen-bond donors (Lipinski definition) is 2. The molecular formula is C10H9BrF2N2. The SMILES string of the molecule is NC1=C[C@@H](c2ccc(F)c(Br)c2F)CN1. The topological polar surface area (TPSA) is 38.0 Å². The molecule has 1 aliphatic rings. The monoisotopic (exact) mass is 274 g/mol. The third kappa shape index (κ3) is 1.84. The van der Waals surface area contributed by atoms with E-state index in [2.05, 4.69) is 21.2 Å². The molecule has 1 aromatic rings. The minimum Gasteiger partial charge on any atom is -0.386 e. The molecule has 0 radical (unpaired) electrons. The number of nitrogens with two attached hydrogens (primary N) is 1. The lowest BCUT2D eigenvalue weighted by molar-refractivity contribution is 0.555. The normalized spacial score (nSPS) is 19.9. The Bertz CT molecular complexity index is 432. The zero-order valence-corrected chi connectivity index (χ0v) is 9.31. The Morgan fingerprint density at radius 2 is 2.13 bits per heavy atom. The summed E-state index contributed by atoms with van der Waals surface area (Å²) < 4.78 is 26.5. The van der Waals surface area contributed by atoms with Crippen LogP contribution in [0, 0.1) is 11.6 Å². The van der Waals surface area contributed by atoms with Crippen molar-refractivity contribution in [3.8, 4) is 0 Å². The molecule has 1 atom stereocenters. The Morgan fingerprint density at radius 1 is 1.40 bits per heavy atom. The molecule has 0 aliphatic carbocycles. The molecule has 0 spiro atoms. The average Bonchev–Trinajstić information content (AvgIpc) is 2.61. The summed E-state index contributed by atoms with van der Waals surface area (Å²) in [6.45, 7) is 0.542. The molecule has 0 saturated carbocycles. The van der Waals surface area contributed by atoms with Gasteiger partial charge in [-0.05, 0) is 33.6 Å². The first-order valence-electron chi connectivity index (χ1n) is 4.44. The first kappa shape index (κ1) is 10.4. The number of halogens is 3. The van der Waals surface area contributed by atoms with Gasteiger partial charge in [0, 0.05) is 12.5 Å². The summed E-state index contributed by atoms with van der Waals surface area (Å²) >= 11 is 2.87. The Kier molecular flexibility index (Phi) is 2.65. The first-order chi connectivity index (χ1) is 7.09. The van der Waals surface area contributed by atoms with Crippen LogP contribution in [0.25, 0.3) is 0 Å². The van der Waals surface area contributed by atoms with Crippen LogP contribution in [-0.2, 0) is 0 Å². The van der Waals surface area contributed by atoms with Crippen LogP contribution < -0.4 is 11.1 Å². The van der Waals surface area contributed by atoms with Crippen molar-refractivity contribution in [3.05, 3.63) is 45.7 Å². The van der Waals surface area contributed by atoms with Gasteiger partial charge in [0.05, 0.1) is 10.3 Å². The van der Waals surface area contributed by atoms with Gasteiger partial charge in [0.1, 0.15) is 11.6 Å². The van der Waals surface area contributed by atoms with Gasteiger partial charge >= 0.3 is 0 Å². The van der Waals surface area contributed by atoms with Crippen LogP contribution in [0.3, 0.4) is 0 Å². The van der Waals surface area contributed by atoms with E-state index in [0.717, 1.165) is 0 Å². The summed E-state index contributed by atoms with van der Waals surface area (Å²) in [5.41, 5.74) is 5.96. The summed E-state index contributed by atoms with van der Waals surface area (Å²) in [6, 6.07) is 2.68. The highest BCUT2D eigenvalue weighted by atomic mass is 79.9. The minimum absolute atomic E-state index is 0.126. The van der Waals surface area contributed by atoms with Gasteiger partial charge in [-0.25, -0.2) is 8.78 Å². The number of rotatable bonds is 1. The van der Waals surface area contributed by atoms with E-state index in [9.17, 15) is 8.78 Å². The molecule has 0 amide bonds. The number of nitrogens with one attached hydrogen (secondary N) is 1. The summed E-state index contributed by atoms with van der Waals surface area (Å²) in [5, 5.41) is 2.89. The highest BCUT2D eigenvalue weighted by Crippen LogP contribution is 2.29. The highest BCUT2D eigenvalue weighted by molar-refractivity contribution is 9.10. The maximum absolute atomic E-state index is 13.7. The molecule has 0 bridgehead atoms. The second kappa shape index (κ2) is 3.81. The zero-order valence-electron chi connectivity index (χ0n) is 7.73. The lowest BCUT2D eigenvalue weighted by Gasteiger charge is -2.10. The lowest BCUT2D eigenvalue weighted by Crippen LogP contribution is -2.16. The summed E-state index contributed by atoms with van der Waals surface area (Å²) in [7, 11) is 0. The van der Waals surface area contributed by atoms with E-state index in [1.54, 1.807) is 6.08 Å². The van der Waals surface area contributed by atoms with Crippen LogP contribution in [-0.4, -0.2) is 6.54 Å².